The molecule has 0 bridgehead atoms. The summed E-state index contributed by atoms with van der Waals surface area (Å²) < 4.78 is 50.5. The van der Waals surface area contributed by atoms with Crippen LogP contribution in [0.5, 0.6) is 5.75 Å². The molecule has 9 nitrogen and oxygen atoms in total. The maximum absolute atomic E-state index is 16.0. The van der Waals surface area contributed by atoms with Gasteiger partial charge in [-0.1, -0.05) is 37.6 Å². The van der Waals surface area contributed by atoms with Gasteiger partial charge in [0.2, 0.25) is 5.95 Å². The van der Waals surface area contributed by atoms with Gasteiger partial charge in [-0.2, -0.15) is 0 Å². The second-order valence-corrected chi connectivity index (χ2v) is 13.0. The lowest BCUT2D eigenvalue weighted by molar-refractivity contribution is 0.140. The highest BCUT2D eigenvalue weighted by Crippen LogP contribution is 2.41. The Morgan fingerprint density at radius 3 is 2.70 bits per heavy atom. The standard InChI is InChI=1S/C31H33ClFN5O4S/c1-3-18-12-19(13-20-16-34-31(36-29(18)20)35-22-8-10-38(4-2)11-9-22)23-6-5-7-25(28(23)33)37-43(40,41)27-15-21(32)14-24-26(39)17-42-30(24)27/h5-7,12-16,22,26,37,39H,3-4,8-11,17H2,1-2H3,(H,34,35,36)/t26-/m1/s1. The van der Waals surface area contributed by atoms with Crippen LogP contribution in [-0.2, 0) is 16.4 Å². The fourth-order valence-corrected chi connectivity index (χ4v) is 7.32. The molecule has 1 aromatic heterocycles. The van der Waals surface area contributed by atoms with Crippen LogP contribution >= 0.6 is 11.6 Å². The number of ether oxygens (including phenoxy) is 1. The number of hydrogen-bond acceptors (Lipinski definition) is 8. The minimum absolute atomic E-state index is 0.00311. The minimum atomic E-state index is -4.32. The molecule has 4 aromatic rings. The van der Waals surface area contributed by atoms with Crippen LogP contribution < -0.4 is 14.8 Å². The van der Waals surface area contributed by atoms with E-state index in [0.717, 1.165) is 48.9 Å². The fourth-order valence-electron chi connectivity index (χ4n) is 5.77. The highest BCUT2D eigenvalue weighted by atomic mass is 35.5. The molecule has 6 rings (SSSR count). The van der Waals surface area contributed by atoms with E-state index in [-0.39, 0.29) is 39.1 Å². The summed E-state index contributed by atoms with van der Waals surface area (Å²) in [4.78, 5) is 11.5. The van der Waals surface area contributed by atoms with Crippen LogP contribution in [0.4, 0.5) is 16.0 Å². The molecule has 1 saturated heterocycles. The number of piperidine rings is 1. The number of halogens is 2. The third-order valence-corrected chi connectivity index (χ3v) is 9.74. The zero-order valence-electron chi connectivity index (χ0n) is 23.9. The molecule has 43 heavy (non-hydrogen) atoms. The number of aryl methyl sites for hydroxylation is 1. The first-order valence-corrected chi connectivity index (χ1v) is 16.3. The molecule has 226 valence electrons. The first-order valence-electron chi connectivity index (χ1n) is 14.4. The Morgan fingerprint density at radius 1 is 1.16 bits per heavy atom. The molecule has 1 fully saturated rings. The van der Waals surface area contributed by atoms with Crippen molar-refractivity contribution in [2.45, 2.75) is 50.2 Å². The molecule has 0 spiro atoms. The van der Waals surface area contributed by atoms with Crippen LogP contribution in [0.15, 0.2) is 53.6 Å². The second kappa shape index (κ2) is 11.9. The van der Waals surface area contributed by atoms with Crippen molar-refractivity contribution in [2.24, 2.45) is 0 Å². The van der Waals surface area contributed by atoms with Gasteiger partial charge < -0.3 is 20.1 Å². The summed E-state index contributed by atoms with van der Waals surface area (Å²) in [5, 5.41) is 14.5. The first-order chi connectivity index (χ1) is 20.7. The Labute approximate surface area is 255 Å². The highest BCUT2D eigenvalue weighted by molar-refractivity contribution is 7.92. The maximum Gasteiger partial charge on any atom is 0.265 e. The average molecular weight is 626 g/mol. The van der Waals surface area contributed by atoms with E-state index in [0.29, 0.717) is 24.0 Å². The van der Waals surface area contributed by atoms with Crippen LogP contribution in [0.2, 0.25) is 5.02 Å². The Hall–Kier alpha value is -3.51. The van der Waals surface area contributed by atoms with E-state index < -0.39 is 21.9 Å². The first kappa shape index (κ1) is 29.6. The summed E-state index contributed by atoms with van der Waals surface area (Å²) >= 11 is 6.14. The number of rotatable bonds is 8. The van der Waals surface area contributed by atoms with Crippen LogP contribution in [0, 0.1) is 5.82 Å². The maximum atomic E-state index is 16.0. The van der Waals surface area contributed by atoms with Crippen LogP contribution in [0.3, 0.4) is 0 Å². The molecule has 3 N–H and O–H groups in total. The molecule has 0 saturated carbocycles. The third kappa shape index (κ3) is 5.86. The third-order valence-electron chi connectivity index (χ3n) is 8.15. The Bertz CT molecular complexity index is 1800. The topological polar surface area (TPSA) is 117 Å². The molecule has 0 unspecified atom stereocenters. The molecule has 0 radical (unpaired) electrons. The van der Waals surface area contributed by atoms with Crippen molar-refractivity contribution in [3.63, 3.8) is 0 Å². The normalized spacial score (nSPS) is 17.6. The summed E-state index contributed by atoms with van der Waals surface area (Å²) in [5.74, 6) is -0.149. The van der Waals surface area contributed by atoms with E-state index in [1.807, 2.05) is 19.1 Å². The molecular formula is C31H33ClFN5O4S. The zero-order valence-corrected chi connectivity index (χ0v) is 25.5. The number of aliphatic hydroxyl groups is 1. The number of aromatic nitrogens is 2. The number of benzene rings is 3. The SMILES string of the molecule is CCc1cc(-c2cccc(NS(=O)(=O)c3cc(Cl)cc4c3OC[C@H]4O)c2F)cc2cnc(NC3CCN(CC)CC3)nc12. The number of sulfonamides is 1. The predicted octanol–water partition coefficient (Wildman–Crippen LogP) is 5.77. The van der Waals surface area contributed by atoms with Gasteiger partial charge in [0.05, 0.1) is 11.2 Å². The monoisotopic (exact) mass is 625 g/mol. The largest absolute Gasteiger partial charge is 0.489 e. The zero-order chi connectivity index (χ0) is 30.3. The molecule has 12 heteroatoms. The van der Waals surface area contributed by atoms with Crippen LogP contribution in [-0.4, -0.2) is 60.7 Å². The molecular weight excluding hydrogens is 593 g/mol. The Morgan fingerprint density at radius 2 is 1.95 bits per heavy atom. The summed E-state index contributed by atoms with van der Waals surface area (Å²) in [6, 6.07) is 11.2. The van der Waals surface area contributed by atoms with Crippen LogP contribution in [0.1, 0.15) is 43.9 Å². The van der Waals surface area contributed by atoms with Gasteiger partial charge in [0.15, 0.2) is 5.82 Å². The Kier molecular flexibility index (Phi) is 8.16. The van der Waals surface area contributed by atoms with Crippen molar-refractivity contribution in [3.8, 4) is 16.9 Å². The number of fused-ring (bicyclic) bond motifs is 2. The molecule has 0 amide bonds. The van der Waals surface area contributed by atoms with Gasteiger partial charge in [-0.15, -0.1) is 0 Å². The number of hydrogen-bond donors (Lipinski definition) is 3. The fraction of sp³-hybridized carbons (Fsp3) is 0.355. The highest BCUT2D eigenvalue weighted by Gasteiger charge is 2.32. The van der Waals surface area contributed by atoms with Crippen molar-refractivity contribution in [1.29, 1.82) is 0 Å². The summed E-state index contributed by atoms with van der Waals surface area (Å²) in [6.45, 7) is 7.24. The van der Waals surface area contributed by atoms with Gasteiger partial charge in [-0.05, 0) is 67.3 Å². The number of nitrogens with zero attached hydrogens (tertiary/aromatic N) is 3. The van der Waals surface area contributed by atoms with E-state index >= 15 is 4.39 Å². The lowest BCUT2D eigenvalue weighted by atomic mass is 9.98. The van der Waals surface area contributed by atoms with Crippen molar-refractivity contribution in [3.05, 3.63) is 70.6 Å². The number of nitrogens with one attached hydrogen (secondary N) is 2. The van der Waals surface area contributed by atoms with E-state index in [9.17, 15) is 13.5 Å². The van der Waals surface area contributed by atoms with Gasteiger partial charge in [0.1, 0.15) is 23.4 Å². The van der Waals surface area contributed by atoms with E-state index in [1.54, 1.807) is 18.3 Å². The van der Waals surface area contributed by atoms with Crippen molar-refractivity contribution in [1.82, 2.24) is 14.9 Å². The van der Waals surface area contributed by atoms with Gasteiger partial charge in [0.25, 0.3) is 10.0 Å². The quantitative estimate of drug-likeness (QED) is 0.226. The lowest BCUT2D eigenvalue weighted by Crippen LogP contribution is -2.39. The number of anilines is 2. The summed E-state index contributed by atoms with van der Waals surface area (Å²) in [6.07, 6.45) is 3.46. The second-order valence-electron chi connectivity index (χ2n) is 10.9. The van der Waals surface area contributed by atoms with E-state index in [2.05, 4.69) is 26.8 Å². The number of aliphatic hydroxyl groups excluding tert-OH is 1. The van der Waals surface area contributed by atoms with Gasteiger partial charge >= 0.3 is 0 Å². The number of likely N-dealkylation sites (tertiary alicyclic amines) is 1. The van der Waals surface area contributed by atoms with Gasteiger partial charge in [-0.25, -0.2) is 22.8 Å². The lowest BCUT2D eigenvalue weighted by Gasteiger charge is -2.31. The van der Waals surface area contributed by atoms with Gasteiger partial charge in [0, 0.05) is 46.9 Å². The molecule has 3 heterocycles. The molecule has 2 aliphatic heterocycles. The molecule has 2 aliphatic rings. The van der Waals surface area contributed by atoms with E-state index in [4.69, 9.17) is 21.3 Å². The summed E-state index contributed by atoms with van der Waals surface area (Å²) in [7, 11) is -4.32. The van der Waals surface area contributed by atoms with Crippen LogP contribution in [0.25, 0.3) is 22.0 Å². The van der Waals surface area contributed by atoms with Crippen molar-refractivity contribution >= 4 is 44.2 Å². The smallest absolute Gasteiger partial charge is 0.265 e. The van der Waals surface area contributed by atoms with Crippen molar-refractivity contribution in [2.75, 3.05) is 36.3 Å². The predicted molar refractivity (Wildman–Crippen MR) is 166 cm³/mol. The Balaban J connectivity index is 1.30. The van der Waals surface area contributed by atoms with E-state index in [1.165, 1.54) is 18.2 Å². The molecule has 1 atom stereocenters. The average Bonchev–Trinajstić information content (AvgIpc) is 3.37. The minimum Gasteiger partial charge on any atom is -0.489 e. The molecule has 0 aliphatic carbocycles. The van der Waals surface area contributed by atoms with Crippen molar-refractivity contribution < 1.29 is 22.7 Å². The molecule has 3 aromatic carbocycles. The van der Waals surface area contributed by atoms with Gasteiger partial charge in [-0.3, -0.25) is 4.72 Å². The summed E-state index contributed by atoms with van der Waals surface area (Å²) in [5.41, 5.74) is 2.57.